The van der Waals surface area contributed by atoms with Crippen LogP contribution in [-0.2, 0) is 16.0 Å². The molecule has 3 atom stereocenters. The fourth-order valence-electron chi connectivity index (χ4n) is 2.83. The molecule has 1 aromatic rings. The largest absolute Gasteiger partial charge is 0.350 e. The van der Waals surface area contributed by atoms with E-state index in [0.29, 0.717) is 17.7 Å². The van der Waals surface area contributed by atoms with Crippen LogP contribution in [-0.4, -0.2) is 48.0 Å². The van der Waals surface area contributed by atoms with Gasteiger partial charge in [-0.2, -0.15) is 0 Å². The number of hydrogen-bond donors (Lipinski definition) is 3. The van der Waals surface area contributed by atoms with E-state index in [9.17, 15) is 14.0 Å². The van der Waals surface area contributed by atoms with Crippen molar-refractivity contribution in [1.82, 2.24) is 16.0 Å². The lowest BCUT2D eigenvalue weighted by Gasteiger charge is -2.29. The predicted octanol–water partition coefficient (Wildman–Crippen LogP) is 0.447. The zero-order valence-corrected chi connectivity index (χ0v) is 13.5. The summed E-state index contributed by atoms with van der Waals surface area (Å²) in [7, 11) is 0. The average molecular weight is 337 g/mol. The van der Waals surface area contributed by atoms with Crippen LogP contribution in [0.3, 0.4) is 0 Å². The average Bonchev–Trinajstić information content (AvgIpc) is 3.04. The van der Waals surface area contributed by atoms with Crippen molar-refractivity contribution >= 4 is 23.6 Å². The van der Waals surface area contributed by atoms with Crippen LogP contribution < -0.4 is 16.0 Å². The first-order valence-electron chi connectivity index (χ1n) is 7.80. The first-order chi connectivity index (χ1) is 11.1. The number of carbonyl (C=O) groups is 2. The van der Waals surface area contributed by atoms with E-state index in [1.807, 2.05) is 0 Å². The van der Waals surface area contributed by atoms with Crippen LogP contribution in [0.5, 0.6) is 0 Å². The fourth-order valence-corrected chi connectivity index (χ4v) is 4.01. The highest BCUT2D eigenvalue weighted by atomic mass is 32.2. The molecule has 124 valence electrons. The molecular weight excluding hydrogens is 317 g/mol. The molecule has 0 radical (unpaired) electrons. The van der Waals surface area contributed by atoms with E-state index in [1.165, 1.54) is 17.8 Å². The summed E-state index contributed by atoms with van der Waals surface area (Å²) in [5, 5.41) is 8.55. The third-order valence-corrected chi connectivity index (χ3v) is 5.47. The maximum atomic E-state index is 13.7. The van der Waals surface area contributed by atoms with Gasteiger partial charge >= 0.3 is 0 Å². The Balaban J connectivity index is 1.53. The highest BCUT2D eigenvalue weighted by Gasteiger charge is 2.33. The van der Waals surface area contributed by atoms with Gasteiger partial charge in [-0.05, 0) is 31.0 Å². The lowest BCUT2D eigenvalue weighted by atomic mass is 10.1. The van der Waals surface area contributed by atoms with Crippen LogP contribution in [0.4, 0.5) is 4.39 Å². The minimum atomic E-state index is -0.509. The van der Waals surface area contributed by atoms with Gasteiger partial charge in [0.2, 0.25) is 11.8 Å². The summed E-state index contributed by atoms with van der Waals surface area (Å²) in [4.78, 5) is 24.4. The predicted molar refractivity (Wildman–Crippen MR) is 87.7 cm³/mol. The van der Waals surface area contributed by atoms with Gasteiger partial charge in [0, 0.05) is 18.3 Å². The third-order valence-electron chi connectivity index (χ3n) is 4.16. The Morgan fingerprint density at radius 3 is 2.91 bits per heavy atom. The Bertz CT molecular complexity index is 592. The van der Waals surface area contributed by atoms with Gasteiger partial charge in [-0.1, -0.05) is 18.2 Å². The highest BCUT2D eigenvalue weighted by Crippen LogP contribution is 2.23. The molecule has 3 rings (SSSR count). The molecule has 0 saturated carbocycles. The van der Waals surface area contributed by atoms with Crippen LogP contribution in [0, 0.1) is 5.82 Å². The molecule has 23 heavy (non-hydrogen) atoms. The number of thioether (sulfide) groups is 1. The summed E-state index contributed by atoms with van der Waals surface area (Å²) >= 11 is 1.41. The van der Waals surface area contributed by atoms with E-state index in [-0.39, 0.29) is 28.9 Å². The van der Waals surface area contributed by atoms with E-state index < -0.39 is 6.04 Å². The molecule has 2 saturated heterocycles. The number of benzene rings is 1. The first kappa shape index (κ1) is 16.3. The maximum absolute atomic E-state index is 13.7. The second-order valence-corrected chi connectivity index (χ2v) is 7.11. The van der Waals surface area contributed by atoms with Crippen LogP contribution in [0.15, 0.2) is 24.3 Å². The van der Waals surface area contributed by atoms with Crippen molar-refractivity contribution in [3.05, 3.63) is 35.6 Å². The Labute approximate surface area is 138 Å². The third kappa shape index (κ3) is 4.03. The summed E-state index contributed by atoms with van der Waals surface area (Å²) < 4.78 is 13.7. The zero-order valence-electron chi connectivity index (χ0n) is 12.7. The monoisotopic (exact) mass is 337 g/mol. The van der Waals surface area contributed by atoms with Crippen molar-refractivity contribution in [3.8, 4) is 0 Å². The van der Waals surface area contributed by atoms with Gasteiger partial charge in [0.1, 0.15) is 11.9 Å². The molecule has 1 aromatic carbocycles. The molecule has 5 nitrogen and oxygen atoms in total. The van der Waals surface area contributed by atoms with Crippen LogP contribution >= 0.6 is 11.8 Å². The fraction of sp³-hybridized carbons (Fsp3) is 0.500. The number of rotatable bonds is 4. The number of nitrogens with one attached hydrogen (secondary N) is 3. The highest BCUT2D eigenvalue weighted by molar-refractivity contribution is 8.00. The normalized spacial score (nSPS) is 27.5. The van der Waals surface area contributed by atoms with E-state index in [0.717, 1.165) is 19.5 Å². The summed E-state index contributed by atoms with van der Waals surface area (Å²) in [6.45, 7) is 1.68. The molecule has 7 heteroatoms. The molecule has 2 heterocycles. The van der Waals surface area contributed by atoms with Crippen LogP contribution in [0.1, 0.15) is 12.0 Å². The molecule has 2 aliphatic heterocycles. The summed E-state index contributed by atoms with van der Waals surface area (Å²) in [6, 6.07) is 6.10. The van der Waals surface area contributed by atoms with E-state index in [2.05, 4.69) is 16.0 Å². The lowest BCUT2D eigenvalue weighted by Crippen LogP contribution is -2.56. The van der Waals surface area contributed by atoms with Gasteiger partial charge in [-0.15, -0.1) is 11.8 Å². The molecule has 0 aromatic heterocycles. The van der Waals surface area contributed by atoms with Gasteiger partial charge in [0.15, 0.2) is 0 Å². The summed E-state index contributed by atoms with van der Waals surface area (Å²) in [6.07, 6.45) is 1.25. The molecule has 0 bridgehead atoms. The minimum absolute atomic E-state index is 0.135. The quantitative estimate of drug-likeness (QED) is 0.746. The number of carbonyl (C=O) groups excluding carboxylic acids is 2. The standard InChI is InChI=1S/C16H20FN3O2S/c17-12-4-2-1-3-10(12)7-14-16(22)20-13(9-23-14)15(21)19-11-5-6-18-8-11/h1-4,11,13-14,18H,5-9H2,(H,19,21)(H,20,22). The van der Waals surface area contributed by atoms with Gasteiger partial charge in [0.05, 0.1) is 5.25 Å². The Hall–Kier alpha value is -1.60. The van der Waals surface area contributed by atoms with Crippen molar-refractivity contribution in [3.63, 3.8) is 0 Å². The maximum Gasteiger partial charge on any atom is 0.243 e. The molecule has 2 aliphatic rings. The first-order valence-corrected chi connectivity index (χ1v) is 8.85. The molecular formula is C16H20FN3O2S. The topological polar surface area (TPSA) is 70.2 Å². The van der Waals surface area contributed by atoms with Crippen molar-refractivity contribution in [2.45, 2.75) is 30.2 Å². The van der Waals surface area contributed by atoms with Gasteiger partial charge in [-0.3, -0.25) is 9.59 Å². The van der Waals surface area contributed by atoms with E-state index in [4.69, 9.17) is 0 Å². The molecule has 2 amide bonds. The molecule has 2 fully saturated rings. The van der Waals surface area contributed by atoms with E-state index >= 15 is 0 Å². The second-order valence-electron chi connectivity index (χ2n) is 5.88. The summed E-state index contributed by atoms with van der Waals surface area (Å²) in [5.41, 5.74) is 0.528. The van der Waals surface area contributed by atoms with Crippen LogP contribution in [0.2, 0.25) is 0 Å². The van der Waals surface area contributed by atoms with Crippen molar-refractivity contribution in [2.75, 3.05) is 18.8 Å². The van der Waals surface area contributed by atoms with Crippen LogP contribution in [0.25, 0.3) is 0 Å². The summed E-state index contributed by atoms with van der Waals surface area (Å²) in [5.74, 6) is -0.121. The van der Waals surface area contributed by atoms with Crippen molar-refractivity contribution in [2.24, 2.45) is 0 Å². The Morgan fingerprint density at radius 1 is 1.39 bits per heavy atom. The molecule has 3 unspecified atom stereocenters. The molecule has 3 N–H and O–H groups in total. The Morgan fingerprint density at radius 2 is 2.22 bits per heavy atom. The smallest absolute Gasteiger partial charge is 0.243 e. The molecule has 0 spiro atoms. The van der Waals surface area contributed by atoms with E-state index in [1.54, 1.807) is 18.2 Å². The second kappa shape index (κ2) is 7.31. The zero-order chi connectivity index (χ0) is 16.2. The van der Waals surface area contributed by atoms with Gasteiger partial charge in [0.25, 0.3) is 0 Å². The molecule has 0 aliphatic carbocycles. The van der Waals surface area contributed by atoms with Gasteiger partial charge < -0.3 is 16.0 Å². The minimum Gasteiger partial charge on any atom is -0.350 e. The SMILES string of the molecule is O=C(NC1CCNC1)C1CSC(Cc2ccccc2F)C(=O)N1. The Kier molecular flexibility index (Phi) is 5.17. The number of hydrogen-bond acceptors (Lipinski definition) is 4. The number of halogens is 1. The van der Waals surface area contributed by atoms with Gasteiger partial charge in [-0.25, -0.2) is 4.39 Å². The lowest BCUT2D eigenvalue weighted by molar-refractivity contribution is -0.129. The number of amides is 2. The van der Waals surface area contributed by atoms with Crippen molar-refractivity contribution in [1.29, 1.82) is 0 Å². The van der Waals surface area contributed by atoms with Crippen molar-refractivity contribution < 1.29 is 14.0 Å².